The number of nitro groups is 1. The molecule has 0 unspecified atom stereocenters. The summed E-state index contributed by atoms with van der Waals surface area (Å²) in [6.07, 6.45) is 4.52. The van der Waals surface area contributed by atoms with Gasteiger partial charge >= 0.3 is 0 Å². The van der Waals surface area contributed by atoms with Crippen LogP contribution in [0.25, 0.3) is 0 Å². The van der Waals surface area contributed by atoms with Gasteiger partial charge in [-0.25, -0.2) is 0 Å². The van der Waals surface area contributed by atoms with Gasteiger partial charge in [0.1, 0.15) is 11.6 Å². The van der Waals surface area contributed by atoms with E-state index in [-0.39, 0.29) is 11.3 Å². The molecule has 21 heavy (non-hydrogen) atoms. The maximum absolute atomic E-state index is 11.1. The lowest BCUT2D eigenvalue weighted by molar-refractivity contribution is -0.385. The molecule has 0 aliphatic heterocycles. The van der Waals surface area contributed by atoms with Crippen molar-refractivity contribution in [1.29, 1.82) is 5.26 Å². The summed E-state index contributed by atoms with van der Waals surface area (Å²) < 4.78 is 0. The zero-order chi connectivity index (χ0) is 15.6. The lowest BCUT2D eigenvalue weighted by atomic mass is 9.75. The quantitative estimate of drug-likeness (QED) is 0.625. The van der Waals surface area contributed by atoms with Crippen molar-refractivity contribution in [3.63, 3.8) is 0 Å². The van der Waals surface area contributed by atoms with Crippen molar-refractivity contribution in [2.24, 2.45) is 5.41 Å². The number of nitro benzene ring substituents is 1. The summed E-state index contributed by atoms with van der Waals surface area (Å²) in [5.74, 6) is 0. The minimum Gasteiger partial charge on any atom is -0.371 e. The third kappa shape index (κ3) is 3.33. The van der Waals surface area contributed by atoms with E-state index in [1.807, 2.05) is 13.1 Å². The third-order valence-electron chi connectivity index (χ3n) is 4.56. The minimum atomic E-state index is -0.486. The molecule has 1 saturated carbocycles. The molecule has 0 amide bonds. The first kappa shape index (κ1) is 15.3. The van der Waals surface area contributed by atoms with Gasteiger partial charge in [-0.3, -0.25) is 10.1 Å². The van der Waals surface area contributed by atoms with Crippen molar-refractivity contribution in [3.05, 3.63) is 33.9 Å². The van der Waals surface area contributed by atoms with Crippen molar-refractivity contribution in [2.45, 2.75) is 45.6 Å². The van der Waals surface area contributed by atoms with Gasteiger partial charge in [0.05, 0.1) is 4.92 Å². The van der Waals surface area contributed by atoms with Crippen LogP contribution in [-0.2, 0) is 0 Å². The molecule has 112 valence electrons. The van der Waals surface area contributed by atoms with Gasteiger partial charge in [0.2, 0.25) is 0 Å². The predicted molar refractivity (Wildman–Crippen MR) is 82.3 cm³/mol. The summed E-state index contributed by atoms with van der Waals surface area (Å²) in [6, 6.07) is 7.13. The first-order valence-corrected chi connectivity index (χ1v) is 7.25. The van der Waals surface area contributed by atoms with Gasteiger partial charge in [0.15, 0.2) is 0 Å². The van der Waals surface area contributed by atoms with Gasteiger partial charge in [-0.15, -0.1) is 0 Å². The molecule has 1 aromatic carbocycles. The van der Waals surface area contributed by atoms with Gasteiger partial charge in [0.25, 0.3) is 5.69 Å². The minimum absolute atomic E-state index is 0.113. The predicted octanol–water partition coefficient (Wildman–Crippen LogP) is 3.87. The van der Waals surface area contributed by atoms with E-state index in [1.165, 1.54) is 25.0 Å². The van der Waals surface area contributed by atoms with Gasteiger partial charge in [-0.2, -0.15) is 5.26 Å². The number of nitriles is 1. The molecule has 0 spiro atoms. The van der Waals surface area contributed by atoms with Crippen LogP contribution >= 0.6 is 0 Å². The molecule has 1 aliphatic carbocycles. The van der Waals surface area contributed by atoms with E-state index in [9.17, 15) is 10.1 Å². The molecule has 5 nitrogen and oxygen atoms in total. The standard InChI is InChI=1S/C16H21N3O2/c1-16(2)8-6-13(7-9-16)18(3)14-5-4-12(11-17)15(10-14)19(20)21/h4-5,10,13H,6-9H2,1-3H3. The van der Waals surface area contributed by atoms with E-state index >= 15 is 0 Å². The molecule has 0 N–H and O–H groups in total. The van der Waals surface area contributed by atoms with E-state index in [0.717, 1.165) is 18.5 Å². The Labute approximate surface area is 125 Å². The Morgan fingerprint density at radius 1 is 1.38 bits per heavy atom. The molecule has 1 aliphatic rings. The van der Waals surface area contributed by atoms with Gasteiger partial charge in [-0.05, 0) is 43.2 Å². The summed E-state index contributed by atoms with van der Waals surface area (Å²) >= 11 is 0. The number of benzene rings is 1. The van der Waals surface area contributed by atoms with Crippen LogP contribution in [0.1, 0.15) is 45.1 Å². The molecule has 1 aromatic rings. The Hall–Kier alpha value is -2.09. The molecule has 0 aromatic heterocycles. The Kier molecular flexibility index (Phi) is 4.17. The molecular formula is C16H21N3O2. The van der Waals surface area contributed by atoms with Gasteiger partial charge < -0.3 is 4.90 Å². The van der Waals surface area contributed by atoms with Crippen LogP contribution in [0.15, 0.2) is 18.2 Å². The van der Waals surface area contributed by atoms with Crippen molar-refractivity contribution in [3.8, 4) is 6.07 Å². The highest BCUT2D eigenvalue weighted by atomic mass is 16.6. The zero-order valence-electron chi connectivity index (χ0n) is 12.8. The van der Waals surface area contributed by atoms with Crippen LogP contribution in [-0.4, -0.2) is 18.0 Å². The molecule has 0 atom stereocenters. The second kappa shape index (κ2) is 5.72. The van der Waals surface area contributed by atoms with Crippen molar-refractivity contribution < 1.29 is 4.92 Å². The van der Waals surface area contributed by atoms with E-state index in [1.54, 1.807) is 6.07 Å². The van der Waals surface area contributed by atoms with Crippen LogP contribution in [0.3, 0.4) is 0 Å². The van der Waals surface area contributed by atoms with E-state index in [0.29, 0.717) is 11.5 Å². The summed E-state index contributed by atoms with van der Waals surface area (Å²) in [5.41, 5.74) is 1.21. The first-order valence-electron chi connectivity index (χ1n) is 7.25. The fraction of sp³-hybridized carbons (Fsp3) is 0.562. The monoisotopic (exact) mass is 287 g/mol. The smallest absolute Gasteiger partial charge is 0.289 e. The van der Waals surface area contributed by atoms with E-state index in [2.05, 4.69) is 18.7 Å². The lowest BCUT2D eigenvalue weighted by Gasteiger charge is -2.39. The molecule has 0 saturated heterocycles. The lowest BCUT2D eigenvalue weighted by Crippen LogP contribution is -2.37. The Balaban J connectivity index is 2.20. The maximum Gasteiger partial charge on any atom is 0.289 e. The largest absolute Gasteiger partial charge is 0.371 e. The molecule has 0 heterocycles. The maximum atomic E-state index is 11.1. The van der Waals surface area contributed by atoms with Crippen LogP contribution in [0.5, 0.6) is 0 Å². The van der Waals surface area contributed by atoms with Gasteiger partial charge in [-0.1, -0.05) is 13.8 Å². The normalized spacial score (nSPS) is 18.0. The summed E-state index contributed by atoms with van der Waals surface area (Å²) in [6.45, 7) is 4.57. The van der Waals surface area contributed by atoms with E-state index in [4.69, 9.17) is 5.26 Å². The molecule has 0 bridgehead atoms. The number of nitrogens with zero attached hydrogens (tertiary/aromatic N) is 3. The average molecular weight is 287 g/mol. The fourth-order valence-electron chi connectivity index (χ4n) is 2.97. The molecule has 2 rings (SSSR count). The first-order chi connectivity index (χ1) is 9.84. The van der Waals surface area contributed by atoms with Gasteiger partial charge in [0, 0.05) is 24.8 Å². The molecule has 0 radical (unpaired) electrons. The topological polar surface area (TPSA) is 70.2 Å². The van der Waals surface area contributed by atoms with E-state index < -0.39 is 4.92 Å². The Morgan fingerprint density at radius 3 is 2.52 bits per heavy atom. The molecule has 1 fully saturated rings. The van der Waals surface area contributed by atoms with Crippen molar-refractivity contribution in [2.75, 3.05) is 11.9 Å². The second-order valence-electron chi connectivity index (χ2n) is 6.58. The second-order valence-corrected chi connectivity index (χ2v) is 6.58. The number of anilines is 1. The number of hydrogen-bond acceptors (Lipinski definition) is 4. The third-order valence-corrected chi connectivity index (χ3v) is 4.56. The highest BCUT2D eigenvalue weighted by Crippen LogP contribution is 2.38. The number of hydrogen-bond donors (Lipinski definition) is 0. The highest BCUT2D eigenvalue weighted by molar-refractivity contribution is 5.60. The Morgan fingerprint density at radius 2 is 2.00 bits per heavy atom. The average Bonchev–Trinajstić information content (AvgIpc) is 2.45. The van der Waals surface area contributed by atoms with Crippen LogP contribution in [0, 0.1) is 26.9 Å². The van der Waals surface area contributed by atoms with Crippen LogP contribution in [0.4, 0.5) is 11.4 Å². The van der Waals surface area contributed by atoms with Crippen molar-refractivity contribution in [1.82, 2.24) is 0 Å². The summed E-state index contributed by atoms with van der Waals surface area (Å²) in [7, 11) is 1.98. The molecule has 5 heteroatoms. The molecular weight excluding hydrogens is 266 g/mol. The SMILES string of the molecule is CN(c1ccc(C#N)c([N+](=O)[O-])c1)C1CCC(C)(C)CC1. The highest BCUT2D eigenvalue weighted by Gasteiger charge is 2.29. The van der Waals surface area contributed by atoms with Crippen LogP contribution < -0.4 is 4.90 Å². The van der Waals surface area contributed by atoms with Crippen molar-refractivity contribution >= 4 is 11.4 Å². The summed E-state index contributed by atoms with van der Waals surface area (Å²) in [4.78, 5) is 12.7. The Bertz CT molecular complexity index is 580. The zero-order valence-corrected chi connectivity index (χ0v) is 12.8. The number of rotatable bonds is 3. The summed E-state index contributed by atoms with van der Waals surface area (Å²) in [5, 5.41) is 20.0. The fourth-order valence-corrected chi connectivity index (χ4v) is 2.97. The van der Waals surface area contributed by atoms with Crippen LogP contribution in [0.2, 0.25) is 0 Å².